The molecule has 0 atom stereocenters. The highest BCUT2D eigenvalue weighted by Gasteiger charge is 2.07. The molecule has 0 saturated heterocycles. The van der Waals surface area contributed by atoms with Crippen molar-refractivity contribution in [2.24, 2.45) is 5.10 Å². The van der Waals surface area contributed by atoms with Crippen molar-refractivity contribution in [3.63, 3.8) is 0 Å². The van der Waals surface area contributed by atoms with E-state index in [0.717, 1.165) is 37.1 Å². The first-order valence-corrected chi connectivity index (χ1v) is 8.75. The van der Waals surface area contributed by atoms with E-state index in [1.54, 1.807) is 6.07 Å². The minimum absolute atomic E-state index is 0.309. The van der Waals surface area contributed by atoms with E-state index in [-0.39, 0.29) is 0 Å². The molecule has 2 rings (SSSR count). The van der Waals surface area contributed by atoms with E-state index in [1.165, 1.54) is 0 Å². The number of halogens is 2. The van der Waals surface area contributed by atoms with E-state index in [0.29, 0.717) is 21.7 Å². The normalized spacial score (nSPS) is 10.3. The average molecular weight is 366 g/mol. The van der Waals surface area contributed by atoms with Crippen LogP contribution in [0.15, 0.2) is 35.4 Å². The summed E-state index contributed by atoms with van der Waals surface area (Å²) < 4.78 is 0. The molecule has 0 aliphatic carbocycles. The fourth-order valence-electron chi connectivity index (χ4n) is 2.18. The van der Waals surface area contributed by atoms with Gasteiger partial charge in [0.25, 0.3) is 0 Å². The lowest BCUT2D eigenvalue weighted by molar-refractivity contribution is 0.906. The maximum absolute atomic E-state index is 5.97. The number of anilines is 3. The van der Waals surface area contributed by atoms with Gasteiger partial charge in [-0.3, -0.25) is 5.43 Å². The van der Waals surface area contributed by atoms with Gasteiger partial charge < -0.3 is 5.32 Å². The van der Waals surface area contributed by atoms with Gasteiger partial charge in [-0.25, -0.2) is 0 Å². The fourth-order valence-corrected chi connectivity index (χ4v) is 2.45. The second-order valence-corrected chi connectivity index (χ2v) is 6.17. The van der Waals surface area contributed by atoms with Crippen LogP contribution in [0.2, 0.25) is 10.2 Å². The first-order chi connectivity index (χ1) is 11.6. The quantitative estimate of drug-likeness (QED) is 0.451. The Morgan fingerprint density at radius 3 is 2.33 bits per heavy atom. The molecule has 0 radical (unpaired) electrons. The zero-order chi connectivity index (χ0) is 17.4. The zero-order valence-corrected chi connectivity index (χ0v) is 15.3. The van der Waals surface area contributed by atoms with Crippen molar-refractivity contribution in [3.8, 4) is 0 Å². The van der Waals surface area contributed by atoms with Gasteiger partial charge in [0.2, 0.25) is 0 Å². The van der Waals surface area contributed by atoms with Gasteiger partial charge in [-0.2, -0.15) is 5.10 Å². The topological polar surface area (TPSA) is 62.2 Å². The van der Waals surface area contributed by atoms with Crippen molar-refractivity contribution in [1.29, 1.82) is 0 Å². The minimum Gasteiger partial charge on any atom is -0.352 e. The largest absolute Gasteiger partial charge is 0.352 e. The van der Waals surface area contributed by atoms with E-state index in [9.17, 15) is 0 Å². The third-order valence-electron chi connectivity index (χ3n) is 3.28. The van der Waals surface area contributed by atoms with Crippen LogP contribution in [0.1, 0.15) is 39.5 Å². The molecule has 0 fully saturated rings. The summed E-state index contributed by atoms with van der Waals surface area (Å²) in [6.07, 6.45) is 4.04. The summed E-state index contributed by atoms with van der Waals surface area (Å²) in [5, 5.41) is 16.7. The van der Waals surface area contributed by atoms with E-state index >= 15 is 0 Å². The Hall–Kier alpha value is -1.85. The molecule has 5 nitrogen and oxygen atoms in total. The van der Waals surface area contributed by atoms with Crippen molar-refractivity contribution in [3.05, 3.63) is 40.5 Å². The average Bonchev–Trinajstić information content (AvgIpc) is 2.56. The predicted molar refractivity (Wildman–Crippen MR) is 103 cm³/mol. The Balaban J connectivity index is 2.20. The lowest BCUT2D eigenvalue weighted by Gasteiger charge is -2.11. The second-order valence-electron chi connectivity index (χ2n) is 5.35. The molecule has 1 aromatic carbocycles. The second kappa shape index (κ2) is 9.45. The van der Waals surface area contributed by atoms with Gasteiger partial charge in [0.1, 0.15) is 0 Å². The first kappa shape index (κ1) is 18.5. The Bertz CT molecular complexity index is 678. The molecule has 128 valence electrons. The lowest BCUT2D eigenvalue weighted by Crippen LogP contribution is -2.05. The number of hydrogen-bond donors (Lipinski definition) is 2. The van der Waals surface area contributed by atoms with Crippen LogP contribution in [0.4, 0.5) is 17.2 Å². The van der Waals surface area contributed by atoms with Crippen LogP contribution in [0, 0.1) is 0 Å². The zero-order valence-electron chi connectivity index (χ0n) is 13.8. The molecule has 0 aliphatic heterocycles. The standard InChI is InChI=1S/C17H21Cl2N5/c1-3-5-14(6-4-2)21-23-17-15(11-16(19)22-24-17)20-13-9-7-12(18)8-10-13/h7-11H,3-6H2,1-2H3,(H,20,22)(H,23,24). The van der Waals surface area contributed by atoms with Crippen LogP contribution in [0.25, 0.3) is 0 Å². The van der Waals surface area contributed by atoms with E-state index in [4.69, 9.17) is 23.2 Å². The minimum atomic E-state index is 0.309. The van der Waals surface area contributed by atoms with Gasteiger partial charge in [0.15, 0.2) is 11.0 Å². The van der Waals surface area contributed by atoms with Gasteiger partial charge in [-0.15, -0.1) is 10.2 Å². The molecular formula is C17H21Cl2N5. The van der Waals surface area contributed by atoms with Crippen LogP contribution >= 0.6 is 23.2 Å². The Morgan fingerprint density at radius 2 is 1.71 bits per heavy atom. The summed E-state index contributed by atoms with van der Waals surface area (Å²) in [5.74, 6) is 0.527. The van der Waals surface area contributed by atoms with E-state index in [1.807, 2.05) is 24.3 Å². The monoisotopic (exact) mass is 365 g/mol. The van der Waals surface area contributed by atoms with Gasteiger partial charge in [-0.1, -0.05) is 49.9 Å². The molecule has 24 heavy (non-hydrogen) atoms. The Labute approximate surface area is 152 Å². The highest BCUT2D eigenvalue weighted by atomic mass is 35.5. The van der Waals surface area contributed by atoms with Crippen LogP contribution in [0.5, 0.6) is 0 Å². The summed E-state index contributed by atoms with van der Waals surface area (Å²) in [5.41, 5.74) is 5.70. The maximum Gasteiger partial charge on any atom is 0.192 e. The summed E-state index contributed by atoms with van der Waals surface area (Å²) in [6, 6.07) is 9.09. The molecule has 0 amide bonds. The van der Waals surface area contributed by atoms with Gasteiger partial charge in [0, 0.05) is 22.5 Å². The highest BCUT2D eigenvalue weighted by Crippen LogP contribution is 2.26. The van der Waals surface area contributed by atoms with Crippen LogP contribution in [-0.2, 0) is 0 Å². The predicted octanol–water partition coefficient (Wildman–Crippen LogP) is 5.90. The Morgan fingerprint density at radius 1 is 1.04 bits per heavy atom. The van der Waals surface area contributed by atoms with Crippen molar-refractivity contribution in [2.75, 3.05) is 10.7 Å². The molecule has 1 heterocycles. The summed E-state index contributed by atoms with van der Waals surface area (Å²) in [6.45, 7) is 4.28. The van der Waals surface area contributed by atoms with Crippen molar-refractivity contribution in [2.45, 2.75) is 39.5 Å². The van der Waals surface area contributed by atoms with E-state index in [2.05, 4.69) is 39.9 Å². The number of rotatable bonds is 8. The number of nitrogens with zero attached hydrogens (tertiary/aromatic N) is 3. The summed E-state index contributed by atoms with van der Waals surface area (Å²) in [7, 11) is 0. The molecular weight excluding hydrogens is 345 g/mol. The molecule has 1 aromatic heterocycles. The number of nitrogens with one attached hydrogen (secondary N) is 2. The molecule has 0 spiro atoms. The SMILES string of the molecule is CCCC(CCC)=NNc1nnc(Cl)cc1Nc1ccc(Cl)cc1. The number of benzene rings is 1. The molecule has 2 aromatic rings. The molecule has 2 N–H and O–H groups in total. The summed E-state index contributed by atoms with van der Waals surface area (Å²) >= 11 is 11.9. The fraction of sp³-hybridized carbons (Fsp3) is 0.353. The lowest BCUT2D eigenvalue weighted by atomic mass is 10.1. The van der Waals surface area contributed by atoms with Gasteiger partial charge in [0.05, 0.1) is 5.69 Å². The van der Waals surface area contributed by atoms with Crippen molar-refractivity contribution < 1.29 is 0 Å². The molecule has 0 aliphatic rings. The van der Waals surface area contributed by atoms with Gasteiger partial charge in [-0.05, 0) is 37.1 Å². The third kappa shape index (κ3) is 5.65. The molecule has 0 saturated carbocycles. The van der Waals surface area contributed by atoms with E-state index < -0.39 is 0 Å². The number of hydrogen-bond acceptors (Lipinski definition) is 5. The van der Waals surface area contributed by atoms with Crippen molar-refractivity contribution >= 4 is 46.1 Å². The summed E-state index contributed by atoms with van der Waals surface area (Å²) in [4.78, 5) is 0. The van der Waals surface area contributed by atoms with Crippen LogP contribution < -0.4 is 10.7 Å². The maximum atomic E-state index is 5.97. The highest BCUT2D eigenvalue weighted by molar-refractivity contribution is 6.30. The van der Waals surface area contributed by atoms with Crippen LogP contribution in [0.3, 0.4) is 0 Å². The van der Waals surface area contributed by atoms with Crippen LogP contribution in [-0.4, -0.2) is 15.9 Å². The molecule has 7 heteroatoms. The van der Waals surface area contributed by atoms with Gasteiger partial charge >= 0.3 is 0 Å². The smallest absolute Gasteiger partial charge is 0.192 e. The Kier molecular flexibility index (Phi) is 7.28. The number of hydrazone groups is 1. The molecule has 0 bridgehead atoms. The number of aromatic nitrogens is 2. The third-order valence-corrected chi connectivity index (χ3v) is 3.72. The molecule has 0 unspecified atom stereocenters. The van der Waals surface area contributed by atoms with Crippen molar-refractivity contribution in [1.82, 2.24) is 10.2 Å². The first-order valence-electron chi connectivity index (χ1n) is 7.99.